The maximum atomic E-state index is 13.9. The molecule has 2 aliphatic heterocycles. The van der Waals surface area contributed by atoms with Crippen molar-refractivity contribution in [2.75, 3.05) is 64.3 Å². The normalized spacial score (nSPS) is 18.4. The third-order valence-corrected chi connectivity index (χ3v) is 5.69. The van der Waals surface area contributed by atoms with Crippen molar-refractivity contribution in [3.63, 3.8) is 0 Å². The third-order valence-electron chi connectivity index (χ3n) is 5.69. The highest BCUT2D eigenvalue weighted by Crippen LogP contribution is 2.21. The van der Waals surface area contributed by atoms with Crippen molar-refractivity contribution in [3.8, 4) is 0 Å². The van der Waals surface area contributed by atoms with E-state index in [1.807, 2.05) is 29.0 Å². The Morgan fingerprint density at radius 2 is 1.71 bits per heavy atom. The average molecular weight is 435 g/mol. The number of piperidine rings is 1. The van der Waals surface area contributed by atoms with Crippen molar-refractivity contribution < 1.29 is 9.18 Å². The van der Waals surface area contributed by atoms with Crippen LogP contribution < -0.4 is 10.2 Å². The molecule has 1 aromatic rings. The topological polar surface area (TPSA) is 38.8 Å². The zero-order valence-corrected chi connectivity index (χ0v) is 18.2. The summed E-state index contributed by atoms with van der Waals surface area (Å²) in [6.07, 6.45) is 3.61. The quantitative estimate of drug-likeness (QED) is 0.746. The molecule has 0 radical (unpaired) electrons. The van der Waals surface area contributed by atoms with Crippen LogP contribution in [0.5, 0.6) is 0 Å². The second kappa shape index (κ2) is 12.5. The maximum absolute atomic E-state index is 13.9. The molecule has 1 aromatic carbocycles. The molecule has 0 aliphatic carbocycles. The first-order chi connectivity index (χ1) is 12.7. The molecule has 160 valence electrons. The van der Waals surface area contributed by atoms with Crippen LogP contribution in [0.25, 0.3) is 0 Å². The second-order valence-electron chi connectivity index (χ2n) is 7.43. The van der Waals surface area contributed by atoms with Crippen LogP contribution in [0.15, 0.2) is 24.3 Å². The number of benzene rings is 1. The molecule has 0 saturated carbocycles. The number of para-hydroxylation sites is 1. The van der Waals surface area contributed by atoms with Gasteiger partial charge in [0.05, 0.1) is 12.2 Å². The van der Waals surface area contributed by atoms with Crippen LogP contribution in [-0.4, -0.2) is 75.1 Å². The highest BCUT2D eigenvalue weighted by Gasteiger charge is 2.26. The second-order valence-corrected chi connectivity index (χ2v) is 7.43. The molecule has 2 saturated heterocycles. The van der Waals surface area contributed by atoms with Gasteiger partial charge in [0, 0.05) is 26.2 Å². The van der Waals surface area contributed by atoms with Gasteiger partial charge in [0.1, 0.15) is 5.82 Å². The lowest BCUT2D eigenvalue weighted by atomic mass is 9.93. The van der Waals surface area contributed by atoms with E-state index in [-0.39, 0.29) is 36.5 Å². The molecular formula is C20H33Cl2FN4O. The van der Waals surface area contributed by atoms with Gasteiger partial charge in [-0.2, -0.15) is 0 Å². The van der Waals surface area contributed by atoms with Gasteiger partial charge in [-0.3, -0.25) is 9.69 Å². The summed E-state index contributed by atoms with van der Waals surface area (Å²) >= 11 is 0. The van der Waals surface area contributed by atoms with Crippen LogP contribution >= 0.6 is 24.8 Å². The Hall–Kier alpha value is -1.08. The van der Waals surface area contributed by atoms with Gasteiger partial charge in [-0.15, -0.1) is 24.8 Å². The number of hydrogen-bond donors (Lipinski definition) is 1. The summed E-state index contributed by atoms with van der Waals surface area (Å²) in [5, 5.41) is 3.22. The van der Waals surface area contributed by atoms with Crippen molar-refractivity contribution in [2.45, 2.75) is 19.3 Å². The summed E-state index contributed by atoms with van der Waals surface area (Å²) < 4.78 is 13.9. The fraction of sp³-hybridized carbons (Fsp3) is 0.650. The maximum Gasteiger partial charge on any atom is 0.236 e. The van der Waals surface area contributed by atoms with Gasteiger partial charge in [0.2, 0.25) is 5.91 Å². The van der Waals surface area contributed by atoms with E-state index in [1.165, 1.54) is 25.3 Å². The molecule has 0 bridgehead atoms. The Labute approximate surface area is 180 Å². The first-order valence-corrected chi connectivity index (χ1v) is 9.81. The van der Waals surface area contributed by atoms with E-state index in [2.05, 4.69) is 10.2 Å². The predicted molar refractivity (Wildman–Crippen MR) is 117 cm³/mol. The number of rotatable bonds is 6. The standard InChI is InChI=1S/C20H31FN4O.2ClH/c1-22-9-6-17-7-10-23(11-8-17)16-20(26)25-14-12-24(13-15-25)19-5-3-2-4-18(19)21;;/h2-5,17,22H,6-16H2,1H3;2*1H. The highest BCUT2D eigenvalue weighted by atomic mass is 35.5. The van der Waals surface area contributed by atoms with Crippen molar-refractivity contribution in [3.05, 3.63) is 30.1 Å². The Balaban J connectivity index is 0.00000196. The van der Waals surface area contributed by atoms with E-state index >= 15 is 0 Å². The molecule has 0 atom stereocenters. The lowest BCUT2D eigenvalue weighted by Gasteiger charge is -2.38. The third kappa shape index (κ3) is 6.76. The molecular weight excluding hydrogens is 402 g/mol. The van der Waals surface area contributed by atoms with Crippen molar-refractivity contribution >= 4 is 36.4 Å². The molecule has 2 aliphatic rings. The molecule has 2 heterocycles. The smallest absolute Gasteiger partial charge is 0.236 e. The summed E-state index contributed by atoms with van der Waals surface area (Å²) in [4.78, 5) is 18.9. The SMILES string of the molecule is CNCCC1CCN(CC(=O)N2CCN(c3ccccc3F)CC2)CC1.Cl.Cl. The van der Waals surface area contributed by atoms with E-state index in [0.717, 1.165) is 25.6 Å². The molecule has 8 heteroatoms. The molecule has 3 rings (SSSR count). The lowest BCUT2D eigenvalue weighted by molar-refractivity contribution is -0.133. The van der Waals surface area contributed by atoms with Gasteiger partial charge in [-0.1, -0.05) is 12.1 Å². The molecule has 0 unspecified atom stereocenters. The number of carbonyl (C=O) groups excluding carboxylic acids is 1. The van der Waals surface area contributed by atoms with Gasteiger partial charge in [0.25, 0.3) is 0 Å². The average Bonchev–Trinajstić information content (AvgIpc) is 2.68. The van der Waals surface area contributed by atoms with Crippen LogP contribution in [0.1, 0.15) is 19.3 Å². The number of halogens is 3. The van der Waals surface area contributed by atoms with E-state index in [4.69, 9.17) is 0 Å². The summed E-state index contributed by atoms with van der Waals surface area (Å²) in [5.74, 6) is 0.818. The molecule has 1 N–H and O–H groups in total. The van der Waals surface area contributed by atoms with Crippen LogP contribution in [0.2, 0.25) is 0 Å². The minimum atomic E-state index is -0.187. The molecule has 5 nitrogen and oxygen atoms in total. The first kappa shape index (κ1) is 25.0. The van der Waals surface area contributed by atoms with E-state index < -0.39 is 0 Å². The molecule has 0 aromatic heterocycles. The van der Waals surface area contributed by atoms with E-state index in [1.54, 1.807) is 6.07 Å². The largest absolute Gasteiger partial charge is 0.366 e. The fourth-order valence-electron chi connectivity index (χ4n) is 3.98. The number of likely N-dealkylation sites (tertiary alicyclic amines) is 1. The van der Waals surface area contributed by atoms with Crippen molar-refractivity contribution in [1.29, 1.82) is 0 Å². The number of hydrogen-bond acceptors (Lipinski definition) is 4. The number of anilines is 1. The highest BCUT2D eigenvalue weighted by molar-refractivity contribution is 5.85. The van der Waals surface area contributed by atoms with Crippen molar-refractivity contribution in [2.24, 2.45) is 5.92 Å². The molecule has 1 amide bonds. The van der Waals surface area contributed by atoms with E-state index in [9.17, 15) is 9.18 Å². The van der Waals surface area contributed by atoms with Crippen molar-refractivity contribution in [1.82, 2.24) is 15.1 Å². The van der Waals surface area contributed by atoms with Gasteiger partial charge < -0.3 is 15.1 Å². The van der Waals surface area contributed by atoms with Gasteiger partial charge in [-0.25, -0.2) is 4.39 Å². The van der Waals surface area contributed by atoms with Crippen LogP contribution in [0.4, 0.5) is 10.1 Å². The van der Waals surface area contributed by atoms with Crippen LogP contribution in [0, 0.1) is 11.7 Å². The van der Waals surface area contributed by atoms with Gasteiger partial charge in [0.15, 0.2) is 0 Å². The number of nitrogens with one attached hydrogen (secondary N) is 1. The van der Waals surface area contributed by atoms with Gasteiger partial charge in [-0.05, 0) is 64.0 Å². The Morgan fingerprint density at radius 3 is 2.32 bits per heavy atom. The number of nitrogens with zero attached hydrogens (tertiary/aromatic N) is 3. The zero-order valence-electron chi connectivity index (χ0n) is 16.6. The van der Waals surface area contributed by atoms with Gasteiger partial charge >= 0.3 is 0 Å². The molecule has 2 fully saturated rings. The number of amides is 1. The summed E-state index contributed by atoms with van der Waals surface area (Å²) in [7, 11) is 2.00. The first-order valence-electron chi connectivity index (χ1n) is 9.81. The van der Waals surface area contributed by atoms with Crippen LogP contribution in [0.3, 0.4) is 0 Å². The number of piperazine rings is 1. The molecule has 0 spiro atoms. The minimum Gasteiger partial charge on any atom is -0.366 e. The van der Waals surface area contributed by atoms with E-state index in [0.29, 0.717) is 38.4 Å². The fourth-order valence-corrected chi connectivity index (χ4v) is 3.98. The Bertz CT molecular complexity index is 591. The zero-order chi connectivity index (χ0) is 18.4. The summed E-state index contributed by atoms with van der Waals surface area (Å²) in [6, 6.07) is 6.87. The Kier molecular flexibility index (Phi) is 11.1. The minimum absolute atomic E-state index is 0. The Morgan fingerprint density at radius 1 is 1.07 bits per heavy atom. The van der Waals surface area contributed by atoms with Crippen LogP contribution in [-0.2, 0) is 4.79 Å². The summed E-state index contributed by atoms with van der Waals surface area (Å²) in [6.45, 7) is 6.38. The lowest BCUT2D eigenvalue weighted by Crippen LogP contribution is -2.52. The summed E-state index contributed by atoms with van der Waals surface area (Å²) in [5.41, 5.74) is 0.642. The predicted octanol–water partition coefficient (Wildman–Crippen LogP) is 2.64. The number of carbonyl (C=O) groups is 1. The molecule has 28 heavy (non-hydrogen) atoms. The monoisotopic (exact) mass is 434 g/mol.